The molecule has 0 aliphatic heterocycles. The maximum Gasteiger partial charge on any atom is 0.252 e. The predicted octanol–water partition coefficient (Wildman–Crippen LogP) is 2.96. The molecule has 4 nitrogen and oxygen atoms in total. The summed E-state index contributed by atoms with van der Waals surface area (Å²) < 4.78 is 0. The van der Waals surface area contributed by atoms with Gasteiger partial charge in [-0.3, -0.25) is 4.79 Å². The molecule has 23 heavy (non-hydrogen) atoms. The average Bonchev–Trinajstić information content (AvgIpc) is 2.60. The van der Waals surface area contributed by atoms with Crippen LogP contribution in [0.1, 0.15) is 27.9 Å². The highest BCUT2D eigenvalue weighted by Crippen LogP contribution is 2.26. The van der Waals surface area contributed by atoms with Crippen LogP contribution in [0.15, 0.2) is 53.4 Å². The van der Waals surface area contributed by atoms with E-state index >= 15 is 0 Å². The molecular weight excluding hydrogens is 308 g/mol. The van der Waals surface area contributed by atoms with Crippen molar-refractivity contribution in [2.45, 2.75) is 17.1 Å². The molecule has 2 aromatic carbocycles. The zero-order chi connectivity index (χ0) is 16.5. The Balaban J connectivity index is 2.02. The molecule has 0 aromatic heterocycles. The molecule has 0 aliphatic rings. The lowest BCUT2D eigenvalue weighted by atomic mass is 10.2. The van der Waals surface area contributed by atoms with Gasteiger partial charge in [-0.1, -0.05) is 24.3 Å². The summed E-state index contributed by atoms with van der Waals surface area (Å²) in [6.45, 7) is 0.527. The SMILES string of the molecule is N#Cc1ccc(CSc2ccccc2C(=O)NCCCO)cc1. The number of aliphatic hydroxyl groups excluding tert-OH is 1. The summed E-state index contributed by atoms with van der Waals surface area (Å²) in [6, 6.07) is 17.0. The van der Waals surface area contributed by atoms with Crippen LogP contribution in [0.5, 0.6) is 0 Å². The molecule has 0 spiro atoms. The Kier molecular flexibility index (Phi) is 6.67. The minimum atomic E-state index is -0.124. The van der Waals surface area contributed by atoms with Crippen molar-refractivity contribution < 1.29 is 9.90 Å². The smallest absolute Gasteiger partial charge is 0.252 e. The zero-order valence-corrected chi connectivity index (χ0v) is 13.5. The highest BCUT2D eigenvalue weighted by atomic mass is 32.2. The van der Waals surface area contributed by atoms with Crippen molar-refractivity contribution in [1.82, 2.24) is 5.32 Å². The van der Waals surface area contributed by atoms with Crippen LogP contribution < -0.4 is 5.32 Å². The molecule has 2 N–H and O–H groups in total. The fraction of sp³-hybridized carbons (Fsp3) is 0.222. The Hall–Kier alpha value is -2.29. The number of amides is 1. The fourth-order valence-corrected chi connectivity index (χ4v) is 3.00. The van der Waals surface area contributed by atoms with Gasteiger partial charge in [0.15, 0.2) is 0 Å². The van der Waals surface area contributed by atoms with Gasteiger partial charge in [0.25, 0.3) is 5.91 Å². The van der Waals surface area contributed by atoms with Gasteiger partial charge in [0.2, 0.25) is 0 Å². The maximum absolute atomic E-state index is 12.2. The lowest BCUT2D eigenvalue weighted by molar-refractivity contribution is 0.0948. The van der Waals surface area contributed by atoms with E-state index in [9.17, 15) is 4.79 Å². The quantitative estimate of drug-likeness (QED) is 0.606. The van der Waals surface area contributed by atoms with Gasteiger partial charge in [0.05, 0.1) is 17.2 Å². The summed E-state index contributed by atoms with van der Waals surface area (Å²) in [4.78, 5) is 13.1. The summed E-state index contributed by atoms with van der Waals surface area (Å²) in [5, 5.41) is 20.4. The molecule has 2 aromatic rings. The van der Waals surface area contributed by atoms with E-state index in [-0.39, 0.29) is 12.5 Å². The van der Waals surface area contributed by atoms with Gasteiger partial charge in [-0.2, -0.15) is 5.26 Å². The first kappa shape index (κ1) is 17.1. The van der Waals surface area contributed by atoms with Crippen LogP contribution in [0, 0.1) is 11.3 Å². The van der Waals surface area contributed by atoms with E-state index in [1.54, 1.807) is 30.0 Å². The molecular formula is C18H18N2O2S. The van der Waals surface area contributed by atoms with Crippen LogP contribution in [0.2, 0.25) is 0 Å². The molecule has 118 valence electrons. The van der Waals surface area contributed by atoms with E-state index < -0.39 is 0 Å². The van der Waals surface area contributed by atoms with E-state index in [2.05, 4.69) is 11.4 Å². The minimum absolute atomic E-state index is 0.0649. The third kappa shape index (κ3) is 5.13. The standard InChI is InChI=1S/C18H18N2O2S/c19-12-14-6-8-15(9-7-14)13-23-17-5-2-1-4-16(17)18(22)20-10-3-11-21/h1-2,4-9,21H,3,10-11,13H2,(H,20,22). The average molecular weight is 326 g/mol. The summed E-state index contributed by atoms with van der Waals surface area (Å²) in [5.74, 6) is 0.605. The first-order valence-electron chi connectivity index (χ1n) is 7.34. The maximum atomic E-state index is 12.2. The largest absolute Gasteiger partial charge is 0.396 e. The molecule has 0 heterocycles. The first-order valence-corrected chi connectivity index (χ1v) is 8.33. The van der Waals surface area contributed by atoms with E-state index in [4.69, 9.17) is 10.4 Å². The second kappa shape index (κ2) is 8.99. The first-order chi connectivity index (χ1) is 11.2. The Morgan fingerprint density at radius 2 is 1.91 bits per heavy atom. The molecule has 0 saturated carbocycles. The fourth-order valence-electron chi connectivity index (χ4n) is 1.99. The number of nitriles is 1. The molecule has 5 heteroatoms. The molecule has 1 amide bonds. The van der Waals surface area contributed by atoms with Gasteiger partial charge in [0.1, 0.15) is 0 Å². The second-order valence-corrected chi connectivity index (χ2v) is 5.94. The van der Waals surface area contributed by atoms with E-state index in [1.807, 2.05) is 30.3 Å². The number of hydrogen-bond donors (Lipinski definition) is 2. The number of carbonyl (C=O) groups is 1. The van der Waals surface area contributed by atoms with Gasteiger partial charge in [-0.25, -0.2) is 0 Å². The number of nitrogens with one attached hydrogen (secondary N) is 1. The van der Waals surface area contributed by atoms with E-state index in [1.165, 1.54) is 0 Å². The molecule has 0 atom stereocenters. The lowest BCUT2D eigenvalue weighted by Crippen LogP contribution is -2.25. The van der Waals surface area contributed by atoms with Crippen molar-refractivity contribution in [3.8, 4) is 6.07 Å². The van der Waals surface area contributed by atoms with Crippen LogP contribution in [0.3, 0.4) is 0 Å². The number of thioether (sulfide) groups is 1. The van der Waals surface area contributed by atoms with Crippen molar-refractivity contribution in [1.29, 1.82) is 5.26 Å². The molecule has 0 radical (unpaired) electrons. The number of hydrogen-bond acceptors (Lipinski definition) is 4. The number of rotatable bonds is 7. The van der Waals surface area contributed by atoms with Crippen molar-refractivity contribution in [2.24, 2.45) is 0 Å². The molecule has 0 saturated heterocycles. The van der Waals surface area contributed by atoms with Gasteiger partial charge >= 0.3 is 0 Å². The van der Waals surface area contributed by atoms with Crippen LogP contribution in [0.25, 0.3) is 0 Å². The predicted molar refractivity (Wildman–Crippen MR) is 91.2 cm³/mol. The molecule has 0 bridgehead atoms. The van der Waals surface area contributed by atoms with E-state index in [0.717, 1.165) is 16.2 Å². The summed E-state index contributed by atoms with van der Waals surface area (Å²) in [6.07, 6.45) is 0.548. The number of nitrogens with zero attached hydrogens (tertiary/aromatic N) is 1. The zero-order valence-electron chi connectivity index (χ0n) is 12.7. The van der Waals surface area contributed by atoms with Gasteiger partial charge in [-0.05, 0) is 36.2 Å². The van der Waals surface area contributed by atoms with Crippen LogP contribution >= 0.6 is 11.8 Å². The molecule has 0 aliphatic carbocycles. The third-order valence-electron chi connectivity index (χ3n) is 3.23. The Morgan fingerprint density at radius 1 is 1.17 bits per heavy atom. The van der Waals surface area contributed by atoms with Crippen LogP contribution in [0.4, 0.5) is 0 Å². The highest BCUT2D eigenvalue weighted by molar-refractivity contribution is 7.98. The summed E-state index contributed by atoms with van der Waals surface area (Å²) in [7, 11) is 0. The Morgan fingerprint density at radius 3 is 2.61 bits per heavy atom. The molecule has 0 fully saturated rings. The summed E-state index contributed by atoms with van der Waals surface area (Å²) in [5.41, 5.74) is 2.39. The monoisotopic (exact) mass is 326 g/mol. The van der Waals surface area contributed by atoms with Crippen molar-refractivity contribution in [3.05, 3.63) is 65.2 Å². The van der Waals surface area contributed by atoms with Gasteiger partial charge in [0, 0.05) is 23.8 Å². The summed E-state index contributed by atoms with van der Waals surface area (Å²) >= 11 is 1.59. The topological polar surface area (TPSA) is 73.1 Å². The van der Waals surface area contributed by atoms with Gasteiger partial charge in [-0.15, -0.1) is 11.8 Å². The lowest BCUT2D eigenvalue weighted by Gasteiger charge is -2.09. The van der Waals surface area contributed by atoms with Crippen LogP contribution in [-0.4, -0.2) is 24.2 Å². The minimum Gasteiger partial charge on any atom is -0.396 e. The van der Waals surface area contributed by atoms with Crippen LogP contribution in [-0.2, 0) is 5.75 Å². The molecule has 2 rings (SSSR count). The van der Waals surface area contributed by atoms with Crippen molar-refractivity contribution >= 4 is 17.7 Å². The Labute approximate surface area is 140 Å². The molecule has 0 unspecified atom stereocenters. The van der Waals surface area contributed by atoms with Gasteiger partial charge < -0.3 is 10.4 Å². The Bertz CT molecular complexity index is 693. The van der Waals surface area contributed by atoms with Crippen molar-refractivity contribution in [3.63, 3.8) is 0 Å². The van der Waals surface area contributed by atoms with E-state index in [0.29, 0.717) is 24.1 Å². The number of carbonyl (C=O) groups excluding carboxylic acids is 1. The highest BCUT2D eigenvalue weighted by Gasteiger charge is 2.10. The van der Waals surface area contributed by atoms with Crippen molar-refractivity contribution in [2.75, 3.05) is 13.2 Å². The third-order valence-corrected chi connectivity index (χ3v) is 4.37. The normalized spacial score (nSPS) is 10.1. The number of aliphatic hydroxyl groups is 1. The second-order valence-electron chi connectivity index (χ2n) is 4.93. The number of benzene rings is 2.